The first kappa shape index (κ1) is 25.9. The Morgan fingerprint density at radius 2 is 1.93 bits per heavy atom. The second kappa shape index (κ2) is 14.0. The van der Waals surface area contributed by atoms with E-state index >= 15 is 0 Å². The van der Waals surface area contributed by atoms with Crippen LogP contribution in [-0.4, -0.2) is 59.2 Å². The first-order valence-electron chi connectivity index (χ1n) is 8.88. The van der Waals surface area contributed by atoms with Crippen molar-refractivity contribution in [1.82, 2.24) is 10.6 Å². The Morgan fingerprint density at radius 3 is 2.48 bits per heavy atom. The maximum absolute atomic E-state index is 11.3. The lowest BCUT2D eigenvalue weighted by Gasteiger charge is -2.17. The quantitative estimate of drug-likeness (QED) is 0.182. The van der Waals surface area contributed by atoms with Gasteiger partial charge in [-0.1, -0.05) is 12.1 Å². The van der Waals surface area contributed by atoms with Crippen LogP contribution in [-0.2, 0) is 21.1 Å². The van der Waals surface area contributed by atoms with Crippen molar-refractivity contribution in [2.24, 2.45) is 4.99 Å². The van der Waals surface area contributed by atoms with Gasteiger partial charge < -0.3 is 20.7 Å². The van der Waals surface area contributed by atoms with Crippen LogP contribution in [0.4, 0.5) is 5.69 Å². The number of hydrogen-bond donors (Lipinski definition) is 3. The smallest absolute Gasteiger partial charge is 0.191 e. The van der Waals surface area contributed by atoms with Crippen molar-refractivity contribution >= 4 is 45.5 Å². The number of guanidine groups is 1. The third-order valence-electron chi connectivity index (χ3n) is 3.66. The highest BCUT2D eigenvalue weighted by atomic mass is 127. The van der Waals surface area contributed by atoms with Crippen molar-refractivity contribution in [3.63, 3.8) is 0 Å². The third-order valence-corrected chi connectivity index (χ3v) is 4.64. The number of methoxy groups -OCH3 is 1. The van der Waals surface area contributed by atoms with Gasteiger partial charge in [0.25, 0.3) is 0 Å². The molecule has 1 aromatic carbocycles. The summed E-state index contributed by atoms with van der Waals surface area (Å²) in [6.45, 7) is 6.69. The lowest BCUT2D eigenvalue weighted by Crippen LogP contribution is -2.42. The van der Waals surface area contributed by atoms with Gasteiger partial charge in [-0.25, -0.2) is 13.4 Å². The number of sulfone groups is 1. The second-order valence-electron chi connectivity index (χ2n) is 6.28. The molecule has 0 radical (unpaired) electrons. The number of nitrogens with one attached hydrogen (secondary N) is 3. The molecule has 1 unspecified atom stereocenters. The monoisotopic (exact) mass is 512 g/mol. The molecule has 0 fully saturated rings. The van der Waals surface area contributed by atoms with Crippen LogP contribution in [0.1, 0.15) is 25.8 Å². The van der Waals surface area contributed by atoms with E-state index in [1.807, 2.05) is 38.1 Å². The van der Waals surface area contributed by atoms with E-state index in [0.717, 1.165) is 24.3 Å². The van der Waals surface area contributed by atoms with E-state index in [1.165, 1.54) is 6.26 Å². The average molecular weight is 512 g/mol. The Morgan fingerprint density at radius 1 is 1.26 bits per heavy atom. The van der Waals surface area contributed by atoms with Gasteiger partial charge >= 0.3 is 0 Å². The van der Waals surface area contributed by atoms with Crippen LogP contribution >= 0.6 is 24.0 Å². The average Bonchev–Trinajstić information content (AvgIpc) is 2.59. The first-order valence-corrected chi connectivity index (χ1v) is 10.9. The van der Waals surface area contributed by atoms with Gasteiger partial charge in [0.15, 0.2) is 5.96 Å². The molecule has 0 aliphatic carbocycles. The molecule has 3 N–H and O–H groups in total. The predicted octanol–water partition coefficient (Wildman–Crippen LogP) is 2.24. The molecule has 7 nitrogen and oxygen atoms in total. The summed E-state index contributed by atoms with van der Waals surface area (Å²) >= 11 is 0. The summed E-state index contributed by atoms with van der Waals surface area (Å²) in [5.74, 6) is 0.855. The number of benzene rings is 1. The predicted molar refractivity (Wildman–Crippen MR) is 124 cm³/mol. The van der Waals surface area contributed by atoms with Gasteiger partial charge in [-0.3, -0.25) is 0 Å². The summed E-state index contributed by atoms with van der Waals surface area (Å²) in [5.41, 5.74) is 2.15. The molecule has 0 aromatic heterocycles. The number of nitrogens with zero attached hydrogens (tertiary/aromatic N) is 1. The molecular weight excluding hydrogens is 479 g/mol. The lowest BCUT2D eigenvalue weighted by molar-refractivity contribution is 0.211. The van der Waals surface area contributed by atoms with Gasteiger partial charge in [0.05, 0.1) is 18.9 Å². The molecule has 156 valence electrons. The molecule has 0 aliphatic heterocycles. The molecule has 0 aliphatic rings. The molecule has 0 saturated heterocycles. The van der Waals surface area contributed by atoms with Crippen LogP contribution < -0.4 is 16.0 Å². The Labute approximate surface area is 180 Å². The van der Waals surface area contributed by atoms with Crippen molar-refractivity contribution in [3.05, 3.63) is 29.8 Å². The van der Waals surface area contributed by atoms with Gasteiger partial charge in [0.2, 0.25) is 0 Å². The highest BCUT2D eigenvalue weighted by Crippen LogP contribution is 2.10. The fraction of sp³-hybridized carbons (Fsp3) is 0.611. The number of anilines is 1. The Bertz CT molecular complexity index is 651. The van der Waals surface area contributed by atoms with Crippen LogP contribution in [0, 0.1) is 0 Å². The molecule has 0 saturated carbocycles. The van der Waals surface area contributed by atoms with Crippen LogP contribution in [0.5, 0.6) is 0 Å². The molecule has 9 heteroatoms. The molecule has 1 atom stereocenters. The fourth-order valence-corrected chi connectivity index (χ4v) is 2.99. The standard InChI is InChI=1S/C18H32N4O3S.HI/c1-5-19-18(22-15(2)10-13-26(4,23)24)21-14-16-6-8-17(9-7-16)20-11-12-25-3;/h6-9,15,20H,5,10-14H2,1-4H3,(H2,19,21,22);1H. The topological polar surface area (TPSA) is 91.8 Å². The van der Waals surface area contributed by atoms with Gasteiger partial charge in [-0.05, 0) is 38.0 Å². The summed E-state index contributed by atoms with van der Waals surface area (Å²) in [6, 6.07) is 8.14. The van der Waals surface area contributed by atoms with Crippen LogP contribution in [0.3, 0.4) is 0 Å². The Hall–Kier alpha value is -1.07. The lowest BCUT2D eigenvalue weighted by atomic mass is 10.2. The largest absolute Gasteiger partial charge is 0.383 e. The van der Waals surface area contributed by atoms with E-state index in [4.69, 9.17) is 4.74 Å². The summed E-state index contributed by atoms with van der Waals surface area (Å²) in [5, 5.41) is 9.72. The fourth-order valence-electron chi connectivity index (χ4n) is 2.21. The molecular formula is C18H33IN4O3S. The zero-order valence-corrected chi connectivity index (χ0v) is 19.8. The maximum Gasteiger partial charge on any atom is 0.191 e. The van der Waals surface area contributed by atoms with Crippen molar-refractivity contribution in [1.29, 1.82) is 0 Å². The summed E-state index contributed by atoms with van der Waals surface area (Å²) in [6.07, 6.45) is 1.80. The Kier molecular flexibility index (Phi) is 13.4. The molecule has 0 bridgehead atoms. The third kappa shape index (κ3) is 12.9. The van der Waals surface area contributed by atoms with Gasteiger partial charge in [0.1, 0.15) is 9.84 Å². The molecule has 0 spiro atoms. The van der Waals surface area contributed by atoms with Crippen LogP contribution in [0.2, 0.25) is 0 Å². The number of aliphatic imine (C=N–C) groups is 1. The maximum atomic E-state index is 11.3. The van der Waals surface area contributed by atoms with E-state index in [-0.39, 0.29) is 35.8 Å². The minimum absolute atomic E-state index is 0. The van der Waals surface area contributed by atoms with Crippen LogP contribution in [0.25, 0.3) is 0 Å². The van der Waals surface area contributed by atoms with Gasteiger partial charge in [-0.15, -0.1) is 24.0 Å². The first-order chi connectivity index (χ1) is 12.3. The van der Waals surface area contributed by atoms with E-state index in [2.05, 4.69) is 20.9 Å². The van der Waals surface area contributed by atoms with E-state index in [0.29, 0.717) is 25.5 Å². The molecule has 0 amide bonds. The van der Waals surface area contributed by atoms with Gasteiger partial charge in [0, 0.05) is 38.2 Å². The number of hydrogen-bond acceptors (Lipinski definition) is 5. The van der Waals surface area contributed by atoms with E-state index in [9.17, 15) is 8.42 Å². The summed E-state index contributed by atoms with van der Waals surface area (Å²) in [7, 11) is -1.27. The van der Waals surface area contributed by atoms with Crippen molar-refractivity contribution in [2.75, 3.05) is 44.1 Å². The van der Waals surface area contributed by atoms with Crippen molar-refractivity contribution in [3.8, 4) is 0 Å². The minimum Gasteiger partial charge on any atom is -0.383 e. The van der Waals surface area contributed by atoms with Crippen LogP contribution in [0.15, 0.2) is 29.3 Å². The van der Waals surface area contributed by atoms with Gasteiger partial charge in [-0.2, -0.15) is 0 Å². The highest BCUT2D eigenvalue weighted by molar-refractivity contribution is 14.0. The molecule has 27 heavy (non-hydrogen) atoms. The summed E-state index contributed by atoms with van der Waals surface area (Å²) < 4.78 is 27.6. The SMILES string of the molecule is CCNC(=NCc1ccc(NCCOC)cc1)NC(C)CCS(C)(=O)=O.I. The highest BCUT2D eigenvalue weighted by Gasteiger charge is 2.09. The van der Waals surface area contributed by atoms with Crippen molar-refractivity contribution in [2.45, 2.75) is 32.9 Å². The van der Waals surface area contributed by atoms with Crippen molar-refractivity contribution < 1.29 is 13.2 Å². The molecule has 1 aromatic rings. The zero-order valence-electron chi connectivity index (χ0n) is 16.6. The summed E-state index contributed by atoms with van der Waals surface area (Å²) in [4.78, 5) is 4.58. The number of rotatable bonds is 11. The normalized spacial score (nSPS) is 12.8. The second-order valence-corrected chi connectivity index (χ2v) is 8.54. The van der Waals surface area contributed by atoms with E-state index < -0.39 is 9.84 Å². The molecule has 1 rings (SSSR count). The number of ether oxygens (including phenoxy) is 1. The minimum atomic E-state index is -2.95. The Balaban J connectivity index is 0.00000676. The molecule has 0 heterocycles. The van der Waals surface area contributed by atoms with E-state index in [1.54, 1.807) is 7.11 Å². The zero-order chi connectivity index (χ0) is 19.4. The number of halogens is 1.